The van der Waals surface area contributed by atoms with E-state index in [-0.39, 0.29) is 18.4 Å². The van der Waals surface area contributed by atoms with E-state index in [2.05, 4.69) is 0 Å². The van der Waals surface area contributed by atoms with Gasteiger partial charge in [0.15, 0.2) is 0 Å². The van der Waals surface area contributed by atoms with Crippen LogP contribution in [0, 0.1) is 0 Å². The predicted molar refractivity (Wildman–Crippen MR) is 103 cm³/mol. The Bertz CT molecular complexity index is 801. The van der Waals surface area contributed by atoms with Gasteiger partial charge >= 0.3 is 5.97 Å². The van der Waals surface area contributed by atoms with Crippen LogP contribution in [0.1, 0.15) is 23.2 Å². The highest BCUT2D eigenvalue weighted by molar-refractivity contribution is 6.02. The minimum atomic E-state index is -0.756. The summed E-state index contributed by atoms with van der Waals surface area (Å²) in [5, 5.41) is 0.513. The second kappa shape index (κ2) is 8.70. The fourth-order valence-corrected chi connectivity index (χ4v) is 2.19. The molecule has 0 aliphatic carbocycles. The Labute approximate surface area is 157 Å². The third-order valence-electron chi connectivity index (χ3n) is 3.74. The van der Waals surface area contributed by atoms with E-state index in [9.17, 15) is 14.4 Å². The Morgan fingerprint density at radius 1 is 0.889 bits per heavy atom. The number of anilines is 3. The second-order valence-electron chi connectivity index (χ2n) is 6.07. The lowest BCUT2D eigenvalue weighted by molar-refractivity contribution is -0.172. The monoisotopic (exact) mass is 370 g/mol. The van der Waals surface area contributed by atoms with E-state index in [0.717, 1.165) is 5.69 Å². The van der Waals surface area contributed by atoms with Gasteiger partial charge in [-0.1, -0.05) is 0 Å². The van der Waals surface area contributed by atoms with Crippen molar-refractivity contribution in [3.05, 3.63) is 54.1 Å². The number of carbonyl (C=O) groups is 3. The second-order valence-corrected chi connectivity index (χ2v) is 6.07. The highest BCUT2D eigenvalue weighted by Crippen LogP contribution is 2.15. The molecule has 2 aromatic carbocycles. The van der Waals surface area contributed by atoms with Crippen LogP contribution in [-0.2, 0) is 14.4 Å². The summed E-state index contributed by atoms with van der Waals surface area (Å²) in [4.78, 5) is 40.8. The van der Waals surface area contributed by atoms with E-state index in [1.165, 1.54) is 30.0 Å². The first kappa shape index (κ1) is 19.8. The number of nitrogens with zero attached hydrogens (tertiary/aromatic N) is 2. The number of imide groups is 1. The molecule has 2 amide bonds. The van der Waals surface area contributed by atoms with Gasteiger partial charge in [0.2, 0.25) is 0 Å². The zero-order valence-corrected chi connectivity index (χ0v) is 15.2. The lowest BCUT2D eigenvalue weighted by Crippen LogP contribution is -2.32. The standard InChI is InChI=1S/C11H10N2O4.C8H12N2/c12-8-3-1-7(2-4-8)11(16)17-13-9(14)5-6-10(13)15;1-10(2)8-5-3-7(9)4-6-8/h1-4H,5-6,12H2;3-6H,9H2,1-2H3. The van der Waals surface area contributed by atoms with Crippen molar-refractivity contribution in [3.8, 4) is 0 Å². The van der Waals surface area contributed by atoms with Crippen LogP contribution >= 0.6 is 0 Å². The maximum atomic E-state index is 11.6. The molecule has 0 bridgehead atoms. The zero-order valence-electron chi connectivity index (χ0n) is 15.2. The molecule has 4 N–H and O–H groups in total. The molecule has 1 aliphatic heterocycles. The van der Waals surface area contributed by atoms with Crippen molar-refractivity contribution in [2.24, 2.45) is 0 Å². The van der Waals surface area contributed by atoms with Gasteiger partial charge in [-0.25, -0.2) is 4.79 Å². The van der Waals surface area contributed by atoms with Crippen LogP contribution in [0.4, 0.5) is 17.1 Å². The number of benzene rings is 2. The van der Waals surface area contributed by atoms with Gasteiger partial charge < -0.3 is 21.2 Å². The molecule has 1 heterocycles. The van der Waals surface area contributed by atoms with Crippen molar-refractivity contribution >= 4 is 34.8 Å². The molecule has 8 heteroatoms. The number of hydroxylamine groups is 2. The molecule has 0 saturated carbocycles. The number of amides is 2. The number of hydrogen-bond donors (Lipinski definition) is 2. The van der Waals surface area contributed by atoms with Crippen molar-refractivity contribution < 1.29 is 19.2 Å². The maximum Gasteiger partial charge on any atom is 0.363 e. The molecule has 1 aliphatic rings. The molecule has 27 heavy (non-hydrogen) atoms. The topological polar surface area (TPSA) is 119 Å². The summed E-state index contributed by atoms with van der Waals surface area (Å²) in [5.41, 5.74) is 13.7. The number of carbonyl (C=O) groups excluding carboxylic acids is 3. The van der Waals surface area contributed by atoms with Crippen LogP contribution in [0.15, 0.2) is 48.5 Å². The Kier molecular flexibility index (Phi) is 6.37. The van der Waals surface area contributed by atoms with Gasteiger partial charge in [0.25, 0.3) is 11.8 Å². The summed E-state index contributed by atoms with van der Waals surface area (Å²) in [6, 6.07) is 13.8. The SMILES string of the molecule is CN(C)c1ccc(N)cc1.Nc1ccc(C(=O)ON2C(=O)CCC2=O)cc1. The van der Waals surface area contributed by atoms with Crippen molar-refractivity contribution in [1.29, 1.82) is 0 Å². The fraction of sp³-hybridized carbons (Fsp3) is 0.211. The fourth-order valence-electron chi connectivity index (χ4n) is 2.19. The number of nitrogens with two attached hydrogens (primary N) is 2. The lowest BCUT2D eigenvalue weighted by Gasteiger charge is -2.12. The van der Waals surface area contributed by atoms with Gasteiger partial charge in [-0.15, -0.1) is 5.06 Å². The van der Waals surface area contributed by atoms with Gasteiger partial charge in [-0.05, 0) is 48.5 Å². The van der Waals surface area contributed by atoms with Crippen molar-refractivity contribution in [2.75, 3.05) is 30.5 Å². The van der Waals surface area contributed by atoms with Crippen LogP contribution in [0.5, 0.6) is 0 Å². The van der Waals surface area contributed by atoms with Gasteiger partial charge in [0.05, 0.1) is 5.56 Å². The van der Waals surface area contributed by atoms with E-state index in [4.69, 9.17) is 16.3 Å². The number of rotatable bonds is 3. The Balaban J connectivity index is 0.000000223. The number of nitrogen functional groups attached to an aromatic ring is 2. The molecule has 0 atom stereocenters. The summed E-state index contributed by atoms with van der Waals surface area (Å²) in [6.07, 6.45) is 0.154. The molecule has 0 unspecified atom stereocenters. The zero-order chi connectivity index (χ0) is 20.0. The maximum absolute atomic E-state index is 11.6. The number of hydrogen-bond acceptors (Lipinski definition) is 7. The minimum absolute atomic E-state index is 0.0772. The third kappa shape index (κ3) is 5.46. The highest BCUT2D eigenvalue weighted by Gasteiger charge is 2.33. The normalized spacial score (nSPS) is 13.0. The summed E-state index contributed by atoms with van der Waals surface area (Å²) in [7, 11) is 4.01. The van der Waals surface area contributed by atoms with Crippen LogP contribution in [-0.4, -0.2) is 36.9 Å². The molecular formula is C19H22N4O4. The average Bonchev–Trinajstić information content (AvgIpc) is 2.95. The van der Waals surface area contributed by atoms with Gasteiger partial charge in [-0.2, -0.15) is 0 Å². The van der Waals surface area contributed by atoms with Crippen LogP contribution < -0.4 is 16.4 Å². The van der Waals surface area contributed by atoms with E-state index < -0.39 is 17.8 Å². The van der Waals surface area contributed by atoms with Crippen LogP contribution in [0.2, 0.25) is 0 Å². The summed E-state index contributed by atoms with van der Waals surface area (Å²) in [5.74, 6) is -1.76. The minimum Gasteiger partial charge on any atom is -0.399 e. The molecule has 3 rings (SSSR count). The van der Waals surface area contributed by atoms with Gasteiger partial charge in [0.1, 0.15) is 0 Å². The Hall–Kier alpha value is -3.55. The van der Waals surface area contributed by atoms with Gasteiger partial charge in [0, 0.05) is 44.0 Å². The van der Waals surface area contributed by atoms with Crippen molar-refractivity contribution in [2.45, 2.75) is 12.8 Å². The highest BCUT2D eigenvalue weighted by atomic mass is 16.7. The first-order valence-electron chi connectivity index (χ1n) is 8.24. The van der Waals surface area contributed by atoms with E-state index in [1.807, 2.05) is 43.3 Å². The van der Waals surface area contributed by atoms with E-state index in [0.29, 0.717) is 10.8 Å². The van der Waals surface area contributed by atoms with Crippen molar-refractivity contribution in [1.82, 2.24) is 5.06 Å². The average molecular weight is 370 g/mol. The Morgan fingerprint density at radius 2 is 1.33 bits per heavy atom. The molecule has 0 spiro atoms. The third-order valence-corrected chi connectivity index (χ3v) is 3.74. The van der Waals surface area contributed by atoms with E-state index >= 15 is 0 Å². The molecule has 0 aromatic heterocycles. The molecule has 142 valence electrons. The largest absolute Gasteiger partial charge is 0.399 e. The Morgan fingerprint density at radius 3 is 1.78 bits per heavy atom. The molecule has 0 radical (unpaired) electrons. The van der Waals surface area contributed by atoms with Crippen LogP contribution in [0.25, 0.3) is 0 Å². The van der Waals surface area contributed by atoms with Crippen molar-refractivity contribution in [3.63, 3.8) is 0 Å². The first-order chi connectivity index (χ1) is 12.8. The summed E-state index contributed by atoms with van der Waals surface area (Å²) >= 11 is 0. The van der Waals surface area contributed by atoms with E-state index in [1.54, 1.807) is 0 Å². The molecule has 1 fully saturated rings. The van der Waals surface area contributed by atoms with Crippen LogP contribution in [0.3, 0.4) is 0 Å². The smallest absolute Gasteiger partial charge is 0.363 e. The molecule has 8 nitrogen and oxygen atoms in total. The molecule has 2 aromatic rings. The molecular weight excluding hydrogens is 348 g/mol. The summed E-state index contributed by atoms with van der Waals surface area (Å²) < 4.78 is 0. The lowest BCUT2D eigenvalue weighted by atomic mass is 10.2. The quantitative estimate of drug-likeness (QED) is 0.625. The molecule has 1 saturated heterocycles. The van der Waals surface area contributed by atoms with Gasteiger partial charge in [-0.3, -0.25) is 9.59 Å². The predicted octanol–water partition coefficient (Wildman–Crippen LogP) is 1.82. The summed E-state index contributed by atoms with van der Waals surface area (Å²) in [6.45, 7) is 0. The first-order valence-corrected chi connectivity index (χ1v) is 8.24.